The number of thiazole rings is 1. The maximum atomic E-state index is 11.0. The van der Waals surface area contributed by atoms with Gasteiger partial charge in [-0.15, -0.1) is 0 Å². The fourth-order valence-corrected chi connectivity index (χ4v) is 2.61. The van der Waals surface area contributed by atoms with Crippen LogP contribution in [0.2, 0.25) is 0 Å². The van der Waals surface area contributed by atoms with Crippen molar-refractivity contribution in [1.82, 2.24) is 4.98 Å². The number of carboxylic acid groups (broad SMARTS) is 1. The number of rotatable bonds is 6. The van der Waals surface area contributed by atoms with Crippen molar-refractivity contribution in [2.24, 2.45) is 0 Å². The van der Waals surface area contributed by atoms with Gasteiger partial charge in [-0.05, 0) is 32.0 Å². The lowest BCUT2D eigenvalue weighted by molar-refractivity contribution is 0.0692. The van der Waals surface area contributed by atoms with Crippen molar-refractivity contribution in [3.05, 3.63) is 23.9 Å². The van der Waals surface area contributed by atoms with Crippen LogP contribution >= 0.6 is 11.3 Å². The minimum Gasteiger partial charge on any atom is -0.490 e. The Hall–Kier alpha value is -2.28. The molecule has 0 aliphatic heterocycles. The molecule has 1 aromatic carbocycles. The van der Waals surface area contributed by atoms with Crippen LogP contribution in [-0.2, 0) is 0 Å². The van der Waals surface area contributed by atoms with Crippen molar-refractivity contribution in [2.45, 2.75) is 13.8 Å². The Balaban J connectivity index is 2.42. The number of hydrogen-bond donors (Lipinski definition) is 2. The molecule has 0 saturated heterocycles. The lowest BCUT2D eigenvalue weighted by Crippen LogP contribution is -2.00. The third-order valence-electron chi connectivity index (χ3n) is 2.65. The van der Waals surface area contributed by atoms with Crippen LogP contribution < -0.4 is 15.2 Å². The summed E-state index contributed by atoms with van der Waals surface area (Å²) in [5.41, 5.74) is 6.29. The van der Waals surface area contributed by atoms with Gasteiger partial charge in [-0.3, -0.25) is 0 Å². The average Bonchev–Trinajstić information content (AvgIpc) is 2.83. The molecule has 7 heteroatoms. The van der Waals surface area contributed by atoms with E-state index in [1.807, 2.05) is 13.8 Å². The molecule has 1 heterocycles. The van der Waals surface area contributed by atoms with Crippen LogP contribution in [0.4, 0.5) is 5.00 Å². The van der Waals surface area contributed by atoms with Gasteiger partial charge in [0.25, 0.3) is 0 Å². The van der Waals surface area contributed by atoms with Gasteiger partial charge in [-0.1, -0.05) is 11.3 Å². The zero-order valence-electron chi connectivity index (χ0n) is 11.8. The smallest absolute Gasteiger partial charge is 0.357 e. The number of anilines is 1. The summed E-state index contributed by atoms with van der Waals surface area (Å²) in [6.07, 6.45) is 0. The highest BCUT2D eigenvalue weighted by Crippen LogP contribution is 2.36. The van der Waals surface area contributed by atoms with E-state index in [0.29, 0.717) is 29.7 Å². The zero-order valence-corrected chi connectivity index (χ0v) is 12.6. The number of hydrogen-bond acceptors (Lipinski definition) is 6. The first-order valence-electron chi connectivity index (χ1n) is 6.46. The fraction of sp³-hybridized carbons (Fsp3) is 0.286. The molecule has 2 aromatic rings. The van der Waals surface area contributed by atoms with E-state index in [-0.39, 0.29) is 10.7 Å². The van der Waals surface area contributed by atoms with Crippen molar-refractivity contribution >= 4 is 22.3 Å². The number of ether oxygens (including phenoxy) is 2. The van der Waals surface area contributed by atoms with Gasteiger partial charge in [-0.25, -0.2) is 9.78 Å². The third kappa shape index (κ3) is 3.25. The van der Waals surface area contributed by atoms with E-state index in [9.17, 15) is 4.79 Å². The number of aromatic carboxylic acids is 1. The first-order valence-corrected chi connectivity index (χ1v) is 7.28. The molecule has 2 rings (SSSR count). The van der Waals surface area contributed by atoms with E-state index in [1.54, 1.807) is 18.2 Å². The van der Waals surface area contributed by atoms with Gasteiger partial charge in [0, 0.05) is 5.56 Å². The molecule has 0 unspecified atom stereocenters. The van der Waals surface area contributed by atoms with Crippen molar-refractivity contribution < 1.29 is 19.4 Å². The number of nitrogens with two attached hydrogens (primary N) is 1. The van der Waals surface area contributed by atoms with Crippen LogP contribution in [0.15, 0.2) is 18.2 Å². The molecule has 0 saturated carbocycles. The van der Waals surface area contributed by atoms with E-state index in [1.165, 1.54) is 0 Å². The number of aromatic nitrogens is 1. The summed E-state index contributed by atoms with van der Waals surface area (Å²) < 4.78 is 11.0. The fourth-order valence-electron chi connectivity index (χ4n) is 1.79. The summed E-state index contributed by atoms with van der Waals surface area (Å²) in [6.45, 7) is 4.81. The number of carboxylic acids is 1. The van der Waals surface area contributed by atoms with Crippen LogP contribution in [0.3, 0.4) is 0 Å². The standard InChI is InChI=1S/C14H16N2O4S/c1-3-19-9-6-5-8(7-10(9)20-4-2)13-16-11(14(17)18)12(15)21-13/h5-7H,3-4,15H2,1-2H3,(H,17,18). The summed E-state index contributed by atoms with van der Waals surface area (Å²) in [5.74, 6) is 0.111. The lowest BCUT2D eigenvalue weighted by atomic mass is 10.2. The molecule has 0 atom stereocenters. The van der Waals surface area contributed by atoms with Crippen LogP contribution in [0.1, 0.15) is 24.3 Å². The predicted octanol–water partition coefficient (Wildman–Crippen LogP) is 2.89. The molecule has 0 amide bonds. The Morgan fingerprint density at radius 3 is 2.52 bits per heavy atom. The molecule has 0 spiro atoms. The molecule has 6 nitrogen and oxygen atoms in total. The van der Waals surface area contributed by atoms with Gasteiger partial charge in [0.15, 0.2) is 17.2 Å². The first-order chi connectivity index (χ1) is 10.1. The van der Waals surface area contributed by atoms with Crippen molar-refractivity contribution in [3.8, 4) is 22.1 Å². The highest BCUT2D eigenvalue weighted by atomic mass is 32.1. The van der Waals surface area contributed by atoms with Gasteiger partial charge in [0.1, 0.15) is 10.0 Å². The zero-order chi connectivity index (χ0) is 15.4. The predicted molar refractivity (Wildman–Crippen MR) is 81.3 cm³/mol. The quantitative estimate of drug-likeness (QED) is 0.852. The normalized spacial score (nSPS) is 10.4. The second-order valence-electron chi connectivity index (χ2n) is 4.06. The summed E-state index contributed by atoms with van der Waals surface area (Å²) in [4.78, 5) is 15.0. The van der Waals surface area contributed by atoms with E-state index in [2.05, 4.69) is 4.98 Å². The number of carbonyl (C=O) groups is 1. The molecule has 3 N–H and O–H groups in total. The van der Waals surface area contributed by atoms with Gasteiger partial charge in [0.2, 0.25) is 0 Å². The van der Waals surface area contributed by atoms with E-state index < -0.39 is 5.97 Å². The van der Waals surface area contributed by atoms with Crippen LogP contribution in [0, 0.1) is 0 Å². The van der Waals surface area contributed by atoms with Gasteiger partial charge in [-0.2, -0.15) is 0 Å². The van der Waals surface area contributed by atoms with Crippen molar-refractivity contribution in [2.75, 3.05) is 18.9 Å². The average molecular weight is 308 g/mol. The Morgan fingerprint density at radius 2 is 1.95 bits per heavy atom. The molecule has 1 aromatic heterocycles. The minimum absolute atomic E-state index is 0.123. The number of nitrogen functional groups attached to an aromatic ring is 1. The second-order valence-corrected chi connectivity index (χ2v) is 5.10. The Bertz CT molecular complexity index is 654. The largest absolute Gasteiger partial charge is 0.490 e. The Morgan fingerprint density at radius 1 is 1.29 bits per heavy atom. The summed E-state index contributed by atoms with van der Waals surface area (Å²) >= 11 is 1.13. The topological polar surface area (TPSA) is 94.7 Å². The Labute approximate surface area is 126 Å². The maximum absolute atomic E-state index is 11.0. The van der Waals surface area contributed by atoms with E-state index in [0.717, 1.165) is 16.9 Å². The lowest BCUT2D eigenvalue weighted by Gasteiger charge is -2.11. The third-order valence-corrected chi connectivity index (χ3v) is 3.58. The highest BCUT2D eigenvalue weighted by Gasteiger charge is 2.17. The molecule has 0 aliphatic carbocycles. The maximum Gasteiger partial charge on any atom is 0.357 e. The van der Waals surface area contributed by atoms with Gasteiger partial charge in [0.05, 0.1) is 13.2 Å². The van der Waals surface area contributed by atoms with Gasteiger partial charge >= 0.3 is 5.97 Å². The van der Waals surface area contributed by atoms with E-state index in [4.69, 9.17) is 20.3 Å². The molecule has 112 valence electrons. The number of nitrogens with zero attached hydrogens (tertiary/aromatic N) is 1. The summed E-state index contributed by atoms with van der Waals surface area (Å²) in [5, 5.41) is 9.72. The van der Waals surface area contributed by atoms with E-state index >= 15 is 0 Å². The van der Waals surface area contributed by atoms with Gasteiger partial charge < -0.3 is 20.3 Å². The SMILES string of the molecule is CCOc1ccc(-c2nc(C(=O)O)c(N)s2)cc1OCC. The minimum atomic E-state index is -1.13. The summed E-state index contributed by atoms with van der Waals surface area (Å²) in [6, 6.07) is 5.36. The highest BCUT2D eigenvalue weighted by molar-refractivity contribution is 7.19. The molecule has 0 fully saturated rings. The van der Waals surface area contributed by atoms with Crippen molar-refractivity contribution in [3.63, 3.8) is 0 Å². The van der Waals surface area contributed by atoms with Crippen LogP contribution in [0.25, 0.3) is 10.6 Å². The second kappa shape index (κ2) is 6.45. The van der Waals surface area contributed by atoms with Crippen LogP contribution in [0.5, 0.6) is 11.5 Å². The van der Waals surface area contributed by atoms with Crippen molar-refractivity contribution in [1.29, 1.82) is 0 Å². The number of benzene rings is 1. The molecule has 0 radical (unpaired) electrons. The summed E-state index contributed by atoms with van der Waals surface area (Å²) in [7, 11) is 0. The molecule has 0 bridgehead atoms. The Kier molecular flexibility index (Phi) is 4.64. The molecule has 0 aliphatic rings. The van der Waals surface area contributed by atoms with Crippen LogP contribution in [-0.4, -0.2) is 29.3 Å². The monoisotopic (exact) mass is 308 g/mol. The molecule has 21 heavy (non-hydrogen) atoms. The molecular formula is C14H16N2O4S. The molecular weight excluding hydrogens is 292 g/mol. The first kappa shape index (κ1) is 15.1.